The fraction of sp³-hybridized carbons (Fsp3) is 0.750. The van der Waals surface area contributed by atoms with Crippen molar-refractivity contribution in [2.45, 2.75) is 84.1 Å². The van der Waals surface area contributed by atoms with E-state index in [0.717, 1.165) is 0 Å². The Morgan fingerprint density at radius 1 is 1.16 bits per heavy atom. The lowest BCUT2D eigenvalue weighted by atomic mass is 9.48. The van der Waals surface area contributed by atoms with Gasteiger partial charge in [0.15, 0.2) is 11.9 Å². The van der Waals surface area contributed by atoms with Crippen LogP contribution in [0, 0.1) is 22.7 Å². The smallest absolute Gasteiger partial charge is 0.303 e. The van der Waals surface area contributed by atoms with Crippen molar-refractivity contribution >= 4 is 11.9 Å². The molecule has 0 amide bonds. The van der Waals surface area contributed by atoms with Crippen LogP contribution in [0.15, 0.2) is 23.3 Å². The molecule has 0 unspecified atom stereocenters. The minimum atomic E-state index is -1.62. The summed E-state index contributed by atoms with van der Waals surface area (Å²) in [6, 6.07) is 0. The molecule has 0 spiro atoms. The molecule has 8 nitrogen and oxygen atoms in total. The predicted octanol–water partition coefficient (Wildman–Crippen LogP) is 1.62. The standard InChI is InChI=1S/C24H34O8/c1-11-16(27)7-8-22(5)17(11)19(28)15-9-24(29)12(2)18(23(15,6)10-30-24)20(31-13(3)25)21(22)32-14(4)26/h15-17,19-21,27-29H,1,7-10H2,2-6H3/t15-,16-,17-,19+,20+,21-,22+,23+,24-/m0/s1. The maximum absolute atomic E-state index is 12.3. The highest BCUT2D eigenvalue weighted by Crippen LogP contribution is 2.63. The molecule has 5 aliphatic rings. The second-order valence-electron chi connectivity index (χ2n) is 10.5. The van der Waals surface area contributed by atoms with Gasteiger partial charge in [0.05, 0.1) is 18.8 Å². The Morgan fingerprint density at radius 3 is 2.38 bits per heavy atom. The minimum Gasteiger partial charge on any atom is -0.458 e. The summed E-state index contributed by atoms with van der Waals surface area (Å²) < 4.78 is 17.5. The minimum absolute atomic E-state index is 0.112. The van der Waals surface area contributed by atoms with Crippen molar-refractivity contribution in [1.29, 1.82) is 0 Å². The van der Waals surface area contributed by atoms with Crippen molar-refractivity contribution in [2.24, 2.45) is 22.7 Å². The summed E-state index contributed by atoms with van der Waals surface area (Å²) >= 11 is 0. The van der Waals surface area contributed by atoms with Gasteiger partial charge in [0.25, 0.3) is 0 Å². The normalized spacial score (nSPS) is 47.9. The fourth-order valence-corrected chi connectivity index (χ4v) is 6.92. The summed E-state index contributed by atoms with van der Waals surface area (Å²) in [7, 11) is 0. The summed E-state index contributed by atoms with van der Waals surface area (Å²) in [5.74, 6) is -3.80. The Kier molecular flexibility index (Phi) is 5.40. The summed E-state index contributed by atoms with van der Waals surface area (Å²) in [4.78, 5) is 24.5. The van der Waals surface area contributed by atoms with Crippen LogP contribution in [0.1, 0.15) is 53.9 Å². The third kappa shape index (κ3) is 3.10. The largest absolute Gasteiger partial charge is 0.458 e. The number of carbonyl (C=O) groups is 2. The van der Waals surface area contributed by atoms with E-state index in [4.69, 9.17) is 14.2 Å². The lowest BCUT2D eigenvalue weighted by Gasteiger charge is -2.63. The molecule has 1 saturated heterocycles. The van der Waals surface area contributed by atoms with Crippen LogP contribution in [0.2, 0.25) is 0 Å². The Balaban J connectivity index is 2.02. The summed E-state index contributed by atoms with van der Waals surface area (Å²) in [6.45, 7) is 12.4. The first kappa shape index (κ1) is 23.4. The van der Waals surface area contributed by atoms with E-state index in [1.165, 1.54) is 13.8 Å². The molecular formula is C24H34O8. The van der Waals surface area contributed by atoms with Crippen LogP contribution in [0.3, 0.4) is 0 Å². The maximum atomic E-state index is 12.3. The molecule has 5 rings (SSSR count). The molecule has 3 N–H and O–H groups in total. The SMILES string of the molecule is C=C1[C@@H](O)CC[C@@]2(C)[C@@H](OC(C)=O)[C@H](OC(C)=O)C3=C(C)[C@]4(O)C[C@@H]([C@@H](O)[C@H]12)[C@@]3(C)CO4. The van der Waals surface area contributed by atoms with Gasteiger partial charge in [-0.3, -0.25) is 9.59 Å². The van der Waals surface area contributed by atoms with Crippen LogP contribution in [-0.4, -0.2) is 64.1 Å². The van der Waals surface area contributed by atoms with Gasteiger partial charge in [0.2, 0.25) is 0 Å². The molecular weight excluding hydrogens is 416 g/mol. The van der Waals surface area contributed by atoms with Gasteiger partial charge < -0.3 is 29.5 Å². The highest BCUT2D eigenvalue weighted by Gasteiger charge is 2.67. The molecule has 0 aromatic carbocycles. The average Bonchev–Trinajstić information content (AvgIpc) is 2.69. The molecule has 0 aromatic heterocycles. The average molecular weight is 451 g/mol. The van der Waals surface area contributed by atoms with E-state index in [2.05, 4.69) is 6.58 Å². The van der Waals surface area contributed by atoms with Crippen molar-refractivity contribution < 1.29 is 39.1 Å². The fourth-order valence-electron chi connectivity index (χ4n) is 6.92. The van der Waals surface area contributed by atoms with E-state index >= 15 is 0 Å². The molecule has 8 heteroatoms. The number of fused-ring (bicyclic) bond motifs is 2. The van der Waals surface area contributed by atoms with Crippen molar-refractivity contribution in [3.05, 3.63) is 23.3 Å². The molecule has 2 saturated carbocycles. The Hall–Kier alpha value is -1.74. The van der Waals surface area contributed by atoms with E-state index in [1.807, 2.05) is 13.8 Å². The van der Waals surface area contributed by atoms with Crippen LogP contribution in [-0.2, 0) is 23.8 Å². The lowest BCUT2D eigenvalue weighted by Crippen LogP contribution is -2.68. The van der Waals surface area contributed by atoms with Gasteiger partial charge >= 0.3 is 11.9 Å². The van der Waals surface area contributed by atoms with Crippen LogP contribution in [0.4, 0.5) is 0 Å². The first-order valence-corrected chi connectivity index (χ1v) is 11.2. The number of rotatable bonds is 2. The third-order valence-electron chi connectivity index (χ3n) is 8.57. The van der Waals surface area contributed by atoms with Crippen LogP contribution < -0.4 is 0 Å². The zero-order chi connectivity index (χ0) is 23.8. The van der Waals surface area contributed by atoms with Crippen molar-refractivity contribution in [1.82, 2.24) is 0 Å². The first-order valence-electron chi connectivity index (χ1n) is 11.2. The van der Waals surface area contributed by atoms with E-state index in [9.17, 15) is 24.9 Å². The van der Waals surface area contributed by atoms with Crippen LogP contribution in [0.25, 0.3) is 0 Å². The van der Waals surface area contributed by atoms with Crippen molar-refractivity contribution in [3.63, 3.8) is 0 Å². The Labute approximate surface area is 188 Å². The molecule has 0 radical (unpaired) electrons. The second kappa shape index (κ2) is 7.38. The van der Waals surface area contributed by atoms with Gasteiger partial charge in [-0.2, -0.15) is 0 Å². The predicted molar refractivity (Wildman–Crippen MR) is 113 cm³/mol. The lowest BCUT2D eigenvalue weighted by molar-refractivity contribution is -0.282. The number of aliphatic hydroxyl groups excluding tert-OH is 2. The van der Waals surface area contributed by atoms with Crippen molar-refractivity contribution in [3.8, 4) is 0 Å². The quantitative estimate of drug-likeness (QED) is 0.429. The van der Waals surface area contributed by atoms with Gasteiger partial charge in [0, 0.05) is 42.9 Å². The third-order valence-corrected chi connectivity index (χ3v) is 8.57. The number of carbonyl (C=O) groups excluding carboxylic acids is 2. The molecule has 9 atom stereocenters. The number of hydrogen-bond acceptors (Lipinski definition) is 8. The Bertz CT molecular complexity index is 894. The first-order chi connectivity index (χ1) is 14.8. The monoisotopic (exact) mass is 450 g/mol. The van der Waals surface area contributed by atoms with E-state index in [0.29, 0.717) is 29.6 Å². The molecule has 2 aliphatic heterocycles. The zero-order valence-corrected chi connectivity index (χ0v) is 19.4. The van der Waals surface area contributed by atoms with Crippen molar-refractivity contribution in [2.75, 3.05) is 6.61 Å². The molecule has 0 aromatic rings. The molecule has 4 bridgehead atoms. The molecule has 32 heavy (non-hydrogen) atoms. The van der Waals surface area contributed by atoms with E-state index in [1.54, 1.807) is 6.92 Å². The topological polar surface area (TPSA) is 123 Å². The zero-order valence-electron chi connectivity index (χ0n) is 19.4. The highest BCUT2D eigenvalue weighted by molar-refractivity contribution is 5.68. The van der Waals surface area contributed by atoms with Crippen LogP contribution >= 0.6 is 0 Å². The molecule has 3 aliphatic carbocycles. The summed E-state index contributed by atoms with van der Waals surface area (Å²) in [5, 5.41) is 33.7. The van der Waals surface area contributed by atoms with Gasteiger partial charge in [-0.1, -0.05) is 20.4 Å². The number of ether oxygens (including phenoxy) is 3. The van der Waals surface area contributed by atoms with Gasteiger partial charge in [-0.15, -0.1) is 0 Å². The maximum Gasteiger partial charge on any atom is 0.303 e. The van der Waals surface area contributed by atoms with Gasteiger partial charge in [0.1, 0.15) is 6.10 Å². The second-order valence-corrected chi connectivity index (χ2v) is 10.5. The van der Waals surface area contributed by atoms with Gasteiger partial charge in [-0.25, -0.2) is 0 Å². The molecule has 178 valence electrons. The summed E-state index contributed by atoms with van der Waals surface area (Å²) in [6.07, 6.45) is -2.72. The number of esters is 2. The molecule has 2 heterocycles. The Morgan fingerprint density at radius 2 is 1.78 bits per heavy atom. The molecule has 3 fully saturated rings. The number of aliphatic hydroxyl groups is 3. The van der Waals surface area contributed by atoms with E-state index in [-0.39, 0.29) is 13.0 Å². The summed E-state index contributed by atoms with van der Waals surface area (Å²) in [5.41, 5.74) is -0.0140. The highest BCUT2D eigenvalue weighted by atomic mass is 16.6. The van der Waals surface area contributed by atoms with Crippen LogP contribution in [0.5, 0.6) is 0 Å². The number of hydrogen-bond donors (Lipinski definition) is 3. The van der Waals surface area contributed by atoms with E-state index < -0.39 is 64.8 Å². The van der Waals surface area contributed by atoms with Gasteiger partial charge in [-0.05, 0) is 36.5 Å².